The van der Waals surface area contributed by atoms with Gasteiger partial charge in [0.05, 0.1) is 6.26 Å². The Hall–Kier alpha value is -1.27. The summed E-state index contributed by atoms with van der Waals surface area (Å²) in [6, 6.07) is 5.80. The van der Waals surface area contributed by atoms with E-state index < -0.39 is 10.0 Å². The van der Waals surface area contributed by atoms with E-state index in [9.17, 15) is 8.42 Å². The molecule has 2 aliphatic rings. The number of nitrogens with zero attached hydrogens (tertiary/aromatic N) is 1. The standard InChI is InChI=1S/C15H21NO4S/c1-21(17,18)16(13-4-2-3-5-13)11-12-6-7-14-15(10-12)20-9-8-19-14/h6-7,10,13H,2-5,8-9,11H2,1H3. The van der Waals surface area contributed by atoms with Crippen molar-refractivity contribution in [3.05, 3.63) is 23.8 Å². The van der Waals surface area contributed by atoms with E-state index in [1.165, 1.54) is 6.26 Å². The van der Waals surface area contributed by atoms with E-state index in [1.807, 2.05) is 18.2 Å². The van der Waals surface area contributed by atoms with Gasteiger partial charge in [-0.15, -0.1) is 0 Å². The van der Waals surface area contributed by atoms with Crippen LogP contribution in [0.3, 0.4) is 0 Å². The normalized spacial score (nSPS) is 19.1. The zero-order chi connectivity index (χ0) is 14.9. The first-order chi connectivity index (χ1) is 10.0. The van der Waals surface area contributed by atoms with E-state index in [-0.39, 0.29) is 6.04 Å². The van der Waals surface area contributed by atoms with Gasteiger partial charge in [0.2, 0.25) is 10.0 Å². The van der Waals surface area contributed by atoms with Gasteiger partial charge in [-0.05, 0) is 30.5 Å². The fraction of sp³-hybridized carbons (Fsp3) is 0.600. The van der Waals surface area contributed by atoms with Crippen molar-refractivity contribution in [1.82, 2.24) is 4.31 Å². The Labute approximate surface area is 125 Å². The summed E-state index contributed by atoms with van der Waals surface area (Å²) in [6.45, 7) is 1.50. The van der Waals surface area contributed by atoms with Gasteiger partial charge >= 0.3 is 0 Å². The van der Waals surface area contributed by atoms with E-state index >= 15 is 0 Å². The van der Waals surface area contributed by atoms with Crippen molar-refractivity contribution in [1.29, 1.82) is 0 Å². The molecule has 0 N–H and O–H groups in total. The van der Waals surface area contributed by atoms with Crippen LogP contribution >= 0.6 is 0 Å². The maximum atomic E-state index is 12.1. The SMILES string of the molecule is CS(=O)(=O)N(Cc1ccc2c(c1)OCCO2)C1CCCC1. The van der Waals surface area contributed by atoms with Crippen LogP contribution in [-0.2, 0) is 16.6 Å². The van der Waals surface area contributed by atoms with E-state index in [0.29, 0.717) is 25.5 Å². The summed E-state index contributed by atoms with van der Waals surface area (Å²) in [6.07, 6.45) is 5.42. The maximum absolute atomic E-state index is 12.1. The molecule has 116 valence electrons. The molecule has 0 spiro atoms. The molecular formula is C15H21NO4S. The highest BCUT2D eigenvalue weighted by Gasteiger charge is 2.29. The second kappa shape index (κ2) is 5.85. The molecule has 0 radical (unpaired) electrons. The van der Waals surface area contributed by atoms with Crippen LogP contribution < -0.4 is 9.47 Å². The Morgan fingerprint density at radius 3 is 2.48 bits per heavy atom. The van der Waals surface area contributed by atoms with Crippen molar-refractivity contribution in [2.24, 2.45) is 0 Å². The van der Waals surface area contributed by atoms with Crippen molar-refractivity contribution >= 4 is 10.0 Å². The molecule has 0 bridgehead atoms. The van der Waals surface area contributed by atoms with Crippen molar-refractivity contribution in [2.75, 3.05) is 19.5 Å². The summed E-state index contributed by atoms with van der Waals surface area (Å²) in [4.78, 5) is 0. The fourth-order valence-electron chi connectivity index (χ4n) is 3.08. The van der Waals surface area contributed by atoms with Gasteiger partial charge in [-0.1, -0.05) is 18.9 Å². The Balaban J connectivity index is 1.82. The summed E-state index contributed by atoms with van der Waals surface area (Å²) >= 11 is 0. The Morgan fingerprint density at radius 2 is 1.81 bits per heavy atom. The minimum absolute atomic E-state index is 0.133. The van der Waals surface area contributed by atoms with Crippen LogP contribution in [0.15, 0.2) is 18.2 Å². The first-order valence-corrected chi connectivity index (χ1v) is 9.24. The lowest BCUT2D eigenvalue weighted by Gasteiger charge is -2.27. The molecule has 0 amide bonds. The number of hydrogen-bond acceptors (Lipinski definition) is 4. The summed E-state index contributed by atoms with van der Waals surface area (Å²) in [5.41, 5.74) is 0.941. The molecule has 1 aromatic carbocycles. The molecule has 0 unspecified atom stereocenters. The number of hydrogen-bond donors (Lipinski definition) is 0. The van der Waals surface area contributed by atoms with Gasteiger partial charge in [-0.2, -0.15) is 4.31 Å². The van der Waals surface area contributed by atoms with Crippen LogP contribution in [0.2, 0.25) is 0 Å². The summed E-state index contributed by atoms with van der Waals surface area (Å²) in [5.74, 6) is 1.44. The Kier molecular flexibility index (Phi) is 4.08. The quantitative estimate of drug-likeness (QED) is 0.855. The third kappa shape index (κ3) is 3.32. The topological polar surface area (TPSA) is 55.8 Å². The summed E-state index contributed by atoms with van der Waals surface area (Å²) in [7, 11) is -3.21. The van der Waals surface area contributed by atoms with Gasteiger partial charge in [0.15, 0.2) is 11.5 Å². The Bertz CT molecular complexity index is 608. The summed E-state index contributed by atoms with van der Waals surface area (Å²) < 4.78 is 36.9. The van der Waals surface area contributed by atoms with E-state index in [4.69, 9.17) is 9.47 Å². The molecule has 0 aromatic heterocycles. The molecule has 1 aliphatic heterocycles. The molecule has 0 atom stereocenters. The lowest BCUT2D eigenvalue weighted by atomic mass is 10.1. The van der Waals surface area contributed by atoms with Crippen LogP contribution in [0, 0.1) is 0 Å². The molecule has 3 rings (SSSR count). The predicted molar refractivity (Wildman–Crippen MR) is 80.1 cm³/mol. The van der Waals surface area contributed by atoms with Gasteiger partial charge < -0.3 is 9.47 Å². The monoisotopic (exact) mass is 311 g/mol. The average molecular weight is 311 g/mol. The van der Waals surface area contributed by atoms with Crippen LogP contribution in [0.1, 0.15) is 31.2 Å². The van der Waals surface area contributed by atoms with Gasteiger partial charge in [-0.25, -0.2) is 8.42 Å². The molecule has 5 nitrogen and oxygen atoms in total. The number of ether oxygens (including phenoxy) is 2. The van der Waals surface area contributed by atoms with E-state index in [1.54, 1.807) is 4.31 Å². The van der Waals surface area contributed by atoms with Gasteiger partial charge in [-0.3, -0.25) is 0 Å². The first-order valence-electron chi connectivity index (χ1n) is 7.39. The van der Waals surface area contributed by atoms with Crippen molar-refractivity contribution in [3.63, 3.8) is 0 Å². The lowest BCUT2D eigenvalue weighted by Crippen LogP contribution is -2.37. The number of rotatable bonds is 4. The average Bonchev–Trinajstić information content (AvgIpc) is 2.97. The molecule has 21 heavy (non-hydrogen) atoms. The predicted octanol–water partition coefficient (Wildman–Crippen LogP) is 2.16. The minimum atomic E-state index is -3.21. The highest BCUT2D eigenvalue weighted by atomic mass is 32.2. The van der Waals surface area contributed by atoms with Crippen LogP contribution in [0.5, 0.6) is 11.5 Å². The first kappa shape index (κ1) is 14.7. The molecule has 1 heterocycles. The molecule has 1 saturated carbocycles. The maximum Gasteiger partial charge on any atom is 0.211 e. The highest BCUT2D eigenvalue weighted by molar-refractivity contribution is 7.88. The molecule has 6 heteroatoms. The minimum Gasteiger partial charge on any atom is -0.486 e. The largest absolute Gasteiger partial charge is 0.486 e. The second-order valence-corrected chi connectivity index (χ2v) is 7.66. The third-order valence-electron chi connectivity index (χ3n) is 4.10. The van der Waals surface area contributed by atoms with Gasteiger partial charge in [0.25, 0.3) is 0 Å². The molecule has 1 fully saturated rings. The zero-order valence-corrected chi connectivity index (χ0v) is 13.1. The van der Waals surface area contributed by atoms with E-state index in [2.05, 4.69) is 0 Å². The number of sulfonamides is 1. The number of benzene rings is 1. The van der Waals surface area contributed by atoms with Gasteiger partial charge in [0, 0.05) is 12.6 Å². The highest BCUT2D eigenvalue weighted by Crippen LogP contribution is 2.32. The molecular weight excluding hydrogens is 290 g/mol. The van der Waals surface area contributed by atoms with Crippen LogP contribution in [0.25, 0.3) is 0 Å². The molecule has 1 aromatic rings. The van der Waals surface area contributed by atoms with Crippen molar-refractivity contribution in [2.45, 2.75) is 38.3 Å². The van der Waals surface area contributed by atoms with E-state index in [0.717, 1.165) is 37.0 Å². The Morgan fingerprint density at radius 1 is 1.14 bits per heavy atom. The van der Waals surface area contributed by atoms with Crippen LogP contribution in [-0.4, -0.2) is 38.2 Å². The summed E-state index contributed by atoms with van der Waals surface area (Å²) in [5, 5.41) is 0. The number of fused-ring (bicyclic) bond motifs is 1. The lowest BCUT2D eigenvalue weighted by molar-refractivity contribution is 0.171. The van der Waals surface area contributed by atoms with Gasteiger partial charge in [0.1, 0.15) is 13.2 Å². The fourth-order valence-corrected chi connectivity index (χ4v) is 4.21. The van der Waals surface area contributed by atoms with Crippen molar-refractivity contribution < 1.29 is 17.9 Å². The third-order valence-corrected chi connectivity index (χ3v) is 5.38. The zero-order valence-electron chi connectivity index (χ0n) is 12.2. The second-order valence-electron chi connectivity index (χ2n) is 5.72. The smallest absolute Gasteiger partial charge is 0.211 e. The van der Waals surface area contributed by atoms with Crippen LogP contribution in [0.4, 0.5) is 0 Å². The molecule has 0 saturated heterocycles. The molecule has 1 aliphatic carbocycles. The van der Waals surface area contributed by atoms with Crippen molar-refractivity contribution in [3.8, 4) is 11.5 Å².